The van der Waals surface area contributed by atoms with E-state index in [0.717, 1.165) is 12.1 Å². The van der Waals surface area contributed by atoms with Gasteiger partial charge in [0, 0.05) is 16.6 Å². The van der Waals surface area contributed by atoms with E-state index in [1.165, 1.54) is 12.1 Å². The molecular formula is C13H10BrF2NO3. The van der Waals surface area contributed by atoms with Gasteiger partial charge in [0.1, 0.15) is 17.3 Å². The van der Waals surface area contributed by atoms with Crippen molar-refractivity contribution in [3.8, 4) is 17.2 Å². The minimum atomic E-state index is -0.792. The number of anilines is 1. The lowest BCUT2D eigenvalue weighted by atomic mass is 10.1. The average Bonchev–Trinajstić information content (AvgIpc) is 2.37. The minimum Gasteiger partial charge on any atom is -0.504 e. The van der Waals surface area contributed by atoms with Gasteiger partial charge in [-0.2, -0.15) is 0 Å². The molecule has 7 heteroatoms. The molecule has 0 radical (unpaired) electrons. The predicted molar refractivity (Wildman–Crippen MR) is 72.8 cm³/mol. The van der Waals surface area contributed by atoms with E-state index in [4.69, 9.17) is 0 Å². The fraction of sp³-hybridized carbons (Fsp3) is 0.0769. The van der Waals surface area contributed by atoms with Crippen LogP contribution in [0.2, 0.25) is 0 Å². The summed E-state index contributed by atoms with van der Waals surface area (Å²) in [6.07, 6.45) is 0. The van der Waals surface area contributed by atoms with Crippen LogP contribution in [0.15, 0.2) is 28.7 Å². The Hall–Kier alpha value is -2.02. The number of aromatic hydroxyl groups is 3. The molecule has 0 aliphatic rings. The Balaban J connectivity index is 2.24. The fourth-order valence-corrected chi connectivity index (χ4v) is 2.05. The third-order valence-corrected chi connectivity index (χ3v) is 3.13. The van der Waals surface area contributed by atoms with E-state index in [1.54, 1.807) is 0 Å². The summed E-state index contributed by atoms with van der Waals surface area (Å²) in [7, 11) is 0. The van der Waals surface area contributed by atoms with Gasteiger partial charge >= 0.3 is 0 Å². The molecule has 0 saturated carbocycles. The van der Waals surface area contributed by atoms with Crippen LogP contribution in [0.3, 0.4) is 0 Å². The number of hydrogen-bond acceptors (Lipinski definition) is 4. The summed E-state index contributed by atoms with van der Waals surface area (Å²) in [5.41, 5.74) is -0.165. The summed E-state index contributed by atoms with van der Waals surface area (Å²) >= 11 is 2.96. The molecule has 4 N–H and O–H groups in total. The quantitative estimate of drug-likeness (QED) is 0.643. The highest BCUT2D eigenvalue weighted by Gasteiger charge is 2.14. The van der Waals surface area contributed by atoms with Gasteiger partial charge < -0.3 is 20.6 Å². The van der Waals surface area contributed by atoms with E-state index < -0.39 is 28.9 Å². The maximum Gasteiger partial charge on any atom is 0.200 e. The lowest BCUT2D eigenvalue weighted by Crippen LogP contribution is -2.04. The second-order valence-electron chi connectivity index (χ2n) is 4.04. The van der Waals surface area contributed by atoms with Crippen LogP contribution in [0.25, 0.3) is 0 Å². The summed E-state index contributed by atoms with van der Waals surface area (Å²) in [6, 6.07) is 4.69. The number of benzene rings is 2. The van der Waals surface area contributed by atoms with Crippen molar-refractivity contribution in [2.45, 2.75) is 6.54 Å². The van der Waals surface area contributed by atoms with Crippen LogP contribution in [0.4, 0.5) is 14.5 Å². The molecule has 0 amide bonds. The average molecular weight is 346 g/mol. The van der Waals surface area contributed by atoms with Gasteiger partial charge in [0.05, 0.1) is 0 Å². The topological polar surface area (TPSA) is 72.7 Å². The van der Waals surface area contributed by atoms with Crippen LogP contribution in [-0.2, 0) is 6.54 Å². The molecule has 106 valence electrons. The molecule has 0 heterocycles. The van der Waals surface area contributed by atoms with Gasteiger partial charge in [-0.25, -0.2) is 8.78 Å². The lowest BCUT2D eigenvalue weighted by Gasteiger charge is -2.11. The standard InChI is InChI=1S/C13H10BrF2NO3/c14-7-3-8(15)11(9(16)4-7)17-5-6-1-2-10(18)13(20)12(6)19/h1-4,17-20H,5H2. The van der Waals surface area contributed by atoms with Crippen LogP contribution in [0.5, 0.6) is 17.2 Å². The molecule has 0 saturated heterocycles. The van der Waals surface area contributed by atoms with E-state index >= 15 is 0 Å². The van der Waals surface area contributed by atoms with E-state index in [-0.39, 0.29) is 22.3 Å². The molecule has 20 heavy (non-hydrogen) atoms. The van der Waals surface area contributed by atoms with E-state index in [2.05, 4.69) is 21.2 Å². The summed E-state index contributed by atoms with van der Waals surface area (Å²) in [5, 5.41) is 30.6. The lowest BCUT2D eigenvalue weighted by molar-refractivity contribution is 0.365. The molecule has 0 spiro atoms. The Morgan fingerprint density at radius 2 is 1.60 bits per heavy atom. The zero-order valence-electron chi connectivity index (χ0n) is 9.99. The molecule has 2 rings (SSSR count). The first-order valence-electron chi connectivity index (χ1n) is 5.51. The Morgan fingerprint density at radius 3 is 2.20 bits per heavy atom. The molecular weight excluding hydrogens is 336 g/mol. The number of phenols is 3. The first-order valence-corrected chi connectivity index (χ1v) is 6.30. The predicted octanol–water partition coefficient (Wildman–Crippen LogP) is 3.46. The van der Waals surface area contributed by atoms with Gasteiger partial charge in [-0.1, -0.05) is 15.9 Å². The minimum absolute atomic E-state index is 0.130. The van der Waals surface area contributed by atoms with Crippen LogP contribution in [0.1, 0.15) is 5.56 Å². The highest BCUT2D eigenvalue weighted by atomic mass is 79.9. The van der Waals surface area contributed by atoms with Crippen molar-refractivity contribution in [1.82, 2.24) is 0 Å². The van der Waals surface area contributed by atoms with Gasteiger partial charge in [0.2, 0.25) is 5.75 Å². The normalized spacial score (nSPS) is 10.6. The van der Waals surface area contributed by atoms with E-state index in [9.17, 15) is 24.1 Å². The maximum absolute atomic E-state index is 13.6. The van der Waals surface area contributed by atoms with Crippen LogP contribution in [0, 0.1) is 11.6 Å². The zero-order chi connectivity index (χ0) is 14.9. The van der Waals surface area contributed by atoms with Gasteiger partial charge in [-0.3, -0.25) is 0 Å². The first kappa shape index (κ1) is 14.4. The second kappa shape index (κ2) is 5.54. The summed E-state index contributed by atoms with van der Waals surface area (Å²) in [5.74, 6) is -3.29. The third kappa shape index (κ3) is 2.77. The SMILES string of the molecule is Oc1ccc(CNc2c(F)cc(Br)cc2F)c(O)c1O. The van der Waals surface area contributed by atoms with Gasteiger partial charge in [-0.15, -0.1) is 0 Å². The zero-order valence-corrected chi connectivity index (χ0v) is 11.6. The first-order chi connectivity index (χ1) is 9.40. The van der Waals surface area contributed by atoms with Gasteiger partial charge in [-0.05, 0) is 24.3 Å². The summed E-state index contributed by atoms with van der Waals surface area (Å²) in [4.78, 5) is 0. The largest absolute Gasteiger partial charge is 0.504 e. The van der Waals surface area contributed by atoms with Crippen molar-refractivity contribution in [1.29, 1.82) is 0 Å². The monoisotopic (exact) mass is 345 g/mol. The molecule has 2 aromatic carbocycles. The Labute approximate surface area is 121 Å². The maximum atomic E-state index is 13.6. The molecule has 0 aliphatic heterocycles. The van der Waals surface area contributed by atoms with Crippen molar-refractivity contribution in [2.24, 2.45) is 0 Å². The van der Waals surface area contributed by atoms with Crippen molar-refractivity contribution in [3.63, 3.8) is 0 Å². The Morgan fingerprint density at radius 1 is 1.00 bits per heavy atom. The van der Waals surface area contributed by atoms with Gasteiger partial charge in [0.15, 0.2) is 11.5 Å². The smallest absolute Gasteiger partial charge is 0.200 e. The van der Waals surface area contributed by atoms with Crippen LogP contribution in [-0.4, -0.2) is 15.3 Å². The third-order valence-electron chi connectivity index (χ3n) is 2.68. The van der Waals surface area contributed by atoms with Crippen molar-refractivity contribution < 1.29 is 24.1 Å². The van der Waals surface area contributed by atoms with E-state index in [1.807, 2.05) is 0 Å². The molecule has 0 aliphatic carbocycles. The molecule has 0 aromatic heterocycles. The fourth-order valence-electron chi connectivity index (χ4n) is 1.65. The number of nitrogens with one attached hydrogen (secondary N) is 1. The molecule has 0 unspecified atom stereocenters. The Kier molecular flexibility index (Phi) is 3.99. The van der Waals surface area contributed by atoms with Crippen LogP contribution < -0.4 is 5.32 Å². The van der Waals surface area contributed by atoms with Crippen molar-refractivity contribution in [3.05, 3.63) is 45.9 Å². The summed E-state index contributed by atoms with van der Waals surface area (Å²) in [6.45, 7) is -0.130. The summed E-state index contributed by atoms with van der Waals surface area (Å²) < 4.78 is 27.4. The highest BCUT2D eigenvalue weighted by Crippen LogP contribution is 2.37. The second-order valence-corrected chi connectivity index (χ2v) is 4.95. The molecule has 4 nitrogen and oxygen atoms in total. The van der Waals surface area contributed by atoms with Gasteiger partial charge in [0.25, 0.3) is 0 Å². The number of hydrogen-bond donors (Lipinski definition) is 4. The van der Waals surface area contributed by atoms with Crippen molar-refractivity contribution >= 4 is 21.6 Å². The van der Waals surface area contributed by atoms with Crippen molar-refractivity contribution in [2.75, 3.05) is 5.32 Å². The molecule has 2 aromatic rings. The Bertz CT molecular complexity index is 641. The number of phenolic OH excluding ortho intramolecular Hbond substituents is 3. The van der Waals surface area contributed by atoms with Crippen LogP contribution >= 0.6 is 15.9 Å². The molecule has 0 atom stereocenters. The number of rotatable bonds is 3. The molecule has 0 fully saturated rings. The molecule has 0 bridgehead atoms. The van der Waals surface area contributed by atoms with E-state index in [0.29, 0.717) is 0 Å². The highest BCUT2D eigenvalue weighted by molar-refractivity contribution is 9.10. The number of halogens is 3.